The lowest BCUT2D eigenvalue weighted by atomic mass is 9.64. The van der Waals surface area contributed by atoms with E-state index in [4.69, 9.17) is 9.15 Å². The van der Waals surface area contributed by atoms with Crippen LogP contribution in [0.5, 0.6) is 5.75 Å². The average molecular weight is 483 g/mol. The van der Waals surface area contributed by atoms with Crippen LogP contribution in [0.2, 0.25) is 0 Å². The number of quaternary nitrogens is 1. The van der Waals surface area contributed by atoms with Crippen LogP contribution in [0, 0.1) is 11.8 Å². The Morgan fingerprint density at radius 2 is 1.53 bits per heavy atom. The number of nitrogens with zero attached hydrogens (tertiary/aromatic N) is 1. The minimum Gasteiger partial charge on any atom is -0.488 e. The second-order valence-corrected chi connectivity index (χ2v) is 10.4. The first kappa shape index (κ1) is 23.0. The Kier molecular flexibility index (Phi) is 5.90. The van der Waals surface area contributed by atoms with Crippen LogP contribution in [0.25, 0.3) is 11.0 Å². The zero-order valence-electron chi connectivity index (χ0n) is 20.4. The van der Waals surface area contributed by atoms with Gasteiger partial charge in [-0.2, -0.15) is 0 Å². The van der Waals surface area contributed by atoms with Crippen molar-refractivity contribution >= 4 is 11.0 Å². The highest BCUT2D eigenvalue weighted by Crippen LogP contribution is 2.49. The van der Waals surface area contributed by atoms with Crippen molar-refractivity contribution in [3.05, 3.63) is 113 Å². The van der Waals surface area contributed by atoms with E-state index in [1.807, 2.05) is 48.5 Å². The molecule has 4 aromatic rings. The summed E-state index contributed by atoms with van der Waals surface area (Å²) in [5, 5.41) is 13.3. The second kappa shape index (κ2) is 9.23. The first-order valence-corrected chi connectivity index (χ1v) is 12.9. The fraction of sp³-hybridized carbons (Fsp3) is 0.323. The lowest BCUT2D eigenvalue weighted by molar-refractivity contribution is -0.948. The van der Waals surface area contributed by atoms with E-state index in [2.05, 4.69) is 24.3 Å². The minimum absolute atomic E-state index is 0.139. The van der Waals surface area contributed by atoms with Gasteiger partial charge in [-0.1, -0.05) is 60.7 Å². The Labute approximate surface area is 211 Å². The topological polar surface area (TPSA) is 59.7 Å². The van der Waals surface area contributed by atoms with E-state index in [1.165, 1.54) is 6.07 Å². The predicted octanol–water partition coefficient (Wildman–Crippen LogP) is 4.96. The highest BCUT2D eigenvalue weighted by Gasteiger charge is 2.54. The molecule has 2 bridgehead atoms. The molecule has 3 aliphatic heterocycles. The van der Waals surface area contributed by atoms with Gasteiger partial charge in [0.15, 0.2) is 0 Å². The first-order valence-electron chi connectivity index (χ1n) is 12.9. The number of ether oxygens (including phenoxy) is 1. The number of hydrogen-bond acceptors (Lipinski definition) is 4. The molecule has 0 aliphatic carbocycles. The molecule has 1 N–H and O–H groups in total. The molecular formula is C31H32NO4+. The smallest absolute Gasteiger partial charge is 0.336 e. The Morgan fingerprint density at radius 3 is 2.19 bits per heavy atom. The number of fused-ring (bicyclic) bond motifs is 4. The van der Waals surface area contributed by atoms with Gasteiger partial charge in [0, 0.05) is 36.3 Å². The first-order chi connectivity index (χ1) is 17.6. The summed E-state index contributed by atoms with van der Waals surface area (Å²) in [5.74, 6) is 1.35. The molecule has 3 aliphatic rings. The van der Waals surface area contributed by atoms with Gasteiger partial charge in [0.25, 0.3) is 0 Å². The molecule has 36 heavy (non-hydrogen) atoms. The number of piperidine rings is 3. The van der Waals surface area contributed by atoms with Gasteiger partial charge in [0.05, 0.1) is 19.6 Å². The largest absolute Gasteiger partial charge is 0.488 e. The molecule has 1 aromatic heterocycles. The number of benzene rings is 3. The van der Waals surface area contributed by atoms with Crippen LogP contribution in [-0.4, -0.2) is 42.4 Å². The van der Waals surface area contributed by atoms with Crippen molar-refractivity contribution in [2.24, 2.45) is 11.8 Å². The van der Waals surface area contributed by atoms with Gasteiger partial charge in [0.2, 0.25) is 0 Å². The highest BCUT2D eigenvalue weighted by molar-refractivity contribution is 5.77. The average Bonchev–Trinajstić information content (AvgIpc) is 2.94. The van der Waals surface area contributed by atoms with Crippen molar-refractivity contribution in [2.45, 2.75) is 18.4 Å². The molecule has 3 saturated heterocycles. The van der Waals surface area contributed by atoms with Crippen LogP contribution in [0.1, 0.15) is 24.0 Å². The molecule has 3 fully saturated rings. The van der Waals surface area contributed by atoms with Crippen LogP contribution in [-0.2, 0) is 5.60 Å². The third kappa shape index (κ3) is 4.12. The van der Waals surface area contributed by atoms with Gasteiger partial charge in [-0.3, -0.25) is 0 Å². The van der Waals surface area contributed by atoms with E-state index in [1.54, 1.807) is 12.1 Å². The van der Waals surface area contributed by atoms with E-state index in [-0.39, 0.29) is 11.5 Å². The van der Waals surface area contributed by atoms with Crippen LogP contribution < -0.4 is 10.4 Å². The van der Waals surface area contributed by atoms with E-state index < -0.39 is 5.60 Å². The van der Waals surface area contributed by atoms with Gasteiger partial charge < -0.3 is 18.7 Å². The quantitative estimate of drug-likeness (QED) is 0.299. The lowest BCUT2D eigenvalue weighted by Crippen LogP contribution is -2.66. The molecule has 0 spiro atoms. The Bertz CT molecular complexity index is 1350. The molecule has 5 nitrogen and oxygen atoms in total. The zero-order valence-corrected chi connectivity index (χ0v) is 20.4. The molecular weight excluding hydrogens is 450 g/mol. The summed E-state index contributed by atoms with van der Waals surface area (Å²) in [4.78, 5) is 11.6. The van der Waals surface area contributed by atoms with Crippen LogP contribution >= 0.6 is 0 Å². The fourth-order valence-corrected chi connectivity index (χ4v) is 6.54. The van der Waals surface area contributed by atoms with Gasteiger partial charge in [-0.25, -0.2) is 4.79 Å². The summed E-state index contributed by atoms with van der Waals surface area (Å²) < 4.78 is 12.4. The third-order valence-electron chi connectivity index (χ3n) is 8.49. The summed E-state index contributed by atoms with van der Waals surface area (Å²) in [5.41, 5.74) is 1.11. The van der Waals surface area contributed by atoms with Crippen LogP contribution in [0.4, 0.5) is 0 Å². The summed E-state index contributed by atoms with van der Waals surface area (Å²) in [6.45, 7) is 4.64. The standard InChI is InChI=1S/C31H32NO4/c33-30-14-12-24-11-13-27(21-29(24)36-30)35-20-19-32-17-15-23(16-18-32)28(22-32)31(34,25-7-3-1-4-8-25)26-9-5-2-6-10-26/h1-14,21,23,28,34H,15-20,22H2/q+1/t23?,28-,32?/m1/s1. The van der Waals surface area contributed by atoms with Crippen molar-refractivity contribution in [1.29, 1.82) is 0 Å². The van der Waals surface area contributed by atoms with E-state index >= 15 is 0 Å². The normalized spacial score (nSPS) is 23.6. The monoisotopic (exact) mass is 482 g/mol. The zero-order chi connectivity index (χ0) is 24.6. The SMILES string of the molecule is O=c1ccc2ccc(OCC[N+]34CCC(CC3)[C@H](C(O)(c3ccccc3)c3ccccc3)C4)cc2o1. The molecule has 4 heterocycles. The van der Waals surface area contributed by atoms with Gasteiger partial charge in [0.1, 0.15) is 30.1 Å². The Balaban J connectivity index is 1.23. The lowest BCUT2D eigenvalue weighted by Gasteiger charge is -2.56. The van der Waals surface area contributed by atoms with Crippen LogP contribution in [0.15, 0.2) is 100 Å². The Hall–Kier alpha value is -3.41. The fourth-order valence-electron chi connectivity index (χ4n) is 6.54. The molecule has 7 rings (SSSR count). The van der Waals surface area contributed by atoms with Crippen molar-refractivity contribution < 1.29 is 18.7 Å². The van der Waals surface area contributed by atoms with Crippen molar-refractivity contribution in [3.63, 3.8) is 0 Å². The van der Waals surface area contributed by atoms with Gasteiger partial charge in [-0.05, 0) is 35.2 Å². The number of hydrogen-bond donors (Lipinski definition) is 1. The predicted molar refractivity (Wildman–Crippen MR) is 140 cm³/mol. The highest BCUT2D eigenvalue weighted by atomic mass is 16.5. The van der Waals surface area contributed by atoms with E-state index in [0.29, 0.717) is 23.9 Å². The molecule has 5 heteroatoms. The molecule has 0 saturated carbocycles. The number of rotatable bonds is 7. The third-order valence-corrected chi connectivity index (χ3v) is 8.49. The summed E-state index contributed by atoms with van der Waals surface area (Å²) >= 11 is 0. The maximum Gasteiger partial charge on any atom is 0.336 e. The van der Waals surface area contributed by atoms with Crippen LogP contribution in [0.3, 0.4) is 0 Å². The molecule has 0 radical (unpaired) electrons. The summed E-state index contributed by atoms with van der Waals surface area (Å²) in [6.07, 6.45) is 2.24. The molecule has 0 amide bonds. The minimum atomic E-state index is -1.02. The van der Waals surface area contributed by atoms with E-state index in [0.717, 1.165) is 60.0 Å². The van der Waals surface area contributed by atoms with Crippen molar-refractivity contribution in [2.75, 3.05) is 32.8 Å². The van der Waals surface area contributed by atoms with Gasteiger partial charge >= 0.3 is 5.63 Å². The summed E-state index contributed by atoms with van der Waals surface area (Å²) in [7, 11) is 0. The van der Waals surface area contributed by atoms with E-state index in [9.17, 15) is 9.90 Å². The van der Waals surface area contributed by atoms with Crippen molar-refractivity contribution in [3.8, 4) is 5.75 Å². The maximum atomic E-state index is 12.5. The van der Waals surface area contributed by atoms with Crippen molar-refractivity contribution in [1.82, 2.24) is 0 Å². The maximum absolute atomic E-state index is 12.5. The Morgan fingerprint density at radius 1 is 0.889 bits per heavy atom. The molecule has 0 unspecified atom stereocenters. The second-order valence-electron chi connectivity index (χ2n) is 10.4. The molecule has 3 aromatic carbocycles. The molecule has 1 atom stereocenters. The number of aliphatic hydroxyl groups is 1. The van der Waals surface area contributed by atoms with Gasteiger partial charge in [-0.15, -0.1) is 0 Å². The molecule has 184 valence electrons. The summed E-state index contributed by atoms with van der Waals surface area (Å²) in [6, 6.07) is 29.2.